The Morgan fingerprint density at radius 1 is 1.24 bits per heavy atom. The Morgan fingerprint density at radius 2 is 2.00 bits per heavy atom. The van der Waals surface area contributed by atoms with Crippen LogP contribution in [0.2, 0.25) is 9.36 Å². The van der Waals surface area contributed by atoms with Crippen molar-refractivity contribution in [1.82, 2.24) is 0 Å². The summed E-state index contributed by atoms with van der Waals surface area (Å²) >= 11 is 12.7. The summed E-state index contributed by atoms with van der Waals surface area (Å²) < 4.78 is 0.533. The van der Waals surface area contributed by atoms with Gasteiger partial charge in [-0.2, -0.15) is 0 Å². The molecule has 0 saturated heterocycles. The molecule has 0 fully saturated rings. The predicted octanol–water partition coefficient (Wildman–Crippen LogP) is 4.01. The third-order valence-electron chi connectivity index (χ3n) is 2.00. The second-order valence-electron chi connectivity index (χ2n) is 3.22. The van der Waals surface area contributed by atoms with Crippen LogP contribution in [0.3, 0.4) is 0 Å². The number of phenols is 1. The van der Waals surface area contributed by atoms with E-state index in [9.17, 15) is 9.90 Å². The summed E-state index contributed by atoms with van der Waals surface area (Å²) in [6, 6.07) is 7.68. The standard InChI is InChI=1S/C11H7Cl2NO2S/c12-6-1-2-8(15)7(5-6)14-11(16)9-3-4-10(13)17-9/h1-5,15H,(H,14,16). The highest BCUT2D eigenvalue weighted by Crippen LogP contribution is 2.28. The van der Waals surface area contributed by atoms with E-state index in [4.69, 9.17) is 23.2 Å². The van der Waals surface area contributed by atoms with Crippen molar-refractivity contribution < 1.29 is 9.90 Å². The van der Waals surface area contributed by atoms with E-state index >= 15 is 0 Å². The fourth-order valence-corrected chi connectivity index (χ4v) is 2.34. The van der Waals surface area contributed by atoms with Crippen LogP contribution in [-0.4, -0.2) is 11.0 Å². The Bertz CT molecular complexity index is 568. The number of aromatic hydroxyl groups is 1. The molecule has 0 aliphatic carbocycles. The molecular formula is C11H7Cl2NO2S. The van der Waals surface area contributed by atoms with Crippen molar-refractivity contribution in [3.05, 3.63) is 44.6 Å². The van der Waals surface area contributed by atoms with Crippen LogP contribution in [0.1, 0.15) is 9.67 Å². The summed E-state index contributed by atoms with van der Waals surface area (Å²) in [5.41, 5.74) is 0.270. The van der Waals surface area contributed by atoms with Gasteiger partial charge in [-0.1, -0.05) is 23.2 Å². The first-order valence-corrected chi connectivity index (χ1v) is 6.19. The first-order chi connectivity index (χ1) is 8.06. The maximum atomic E-state index is 11.8. The van der Waals surface area contributed by atoms with Gasteiger partial charge in [0.2, 0.25) is 0 Å². The van der Waals surface area contributed by atoms with E-state index in [2.05, 4.69) is 5.32 Å². The summed E-state index contributed by atoms with van der Waals surface area (Å²) in [5.74, 6) is -0.370. The molecule has 2 aromatic rings. The smallest absolute Gasteiger partial charge is 0.265 e. The molecule has 0 atom stereocenters. The van der Waals surface area contributed by atoms with Gasteiger partial charge in [-0.25, -0.2) is 0 Å². The Kier molecular flexibility index (Phi) is 3.57. The predicted molar refractivity (Wildman–Crippen MR) is 70.4 cm³/mol. The van der Waals surface area contributed by atoms with Gasteiger partial charge in [-0.3, -0.25) is 4.79 Å². The number of amides is 1. The number of phenolic OH excluding ortho intramolecular Hbond substituents is 1. The molecule has 1 aromatic heterocycles. The lowest BCUT2D eigenvalue weighted by Crippen LogP contribution is -2.10. The van der Waals surface area contributed by atoms with E-state index in [-0.39, 0.29) is 17.3 Å². The molecule has 0 spiro atoms. The van der Waals surface area contributed by atoms with Gasteiger partial charge in [0.05, 0.1) is 14.9 Å². The molecule has 0 aliphatic heterocycles. The highest BCUT2D eigenvalue weighted by molar-refractivity contribution is 7.18. The SMILES string of the molecule is O=C(Nc1cc(Cl)ccc1O)c1ccc(Cl)s1. The van der Waals surface area contributed by atoms with Crippen LogP contribution >= 0.6 is 34.5 Å². The molecule has 17 heavy (non-hydrogen) atoms. The van der Waals surface area contributed by atoms with Crippen LogP contribution in [0.5, 0.6) is 5.75 Å². The molecule has 0 saturated carbocycles. The van der Waals surface area contributed by atoms with Gasteiger partial charge in [-0.15, -0.1) is 11.3 Å². The minimum Gasteiger partial charge on any atom is -0.506 e. The Labute approximate surface area is 112 Å². The lowest BCUT2D eigenvalue weighted by molar-refractivity contribution is 0.103. The number of benzene rings is 1. The number of carbonyl (C=O) groups is 1. The van der Waals surface area contributed by atoms with Crippen LogP contribution < -0.4 is 5.32 Å². The highest BCUT2D eigenvalue weighted by Gasteiger charge is 2.11. The van der Waals surface area contributed by atoms with Crippen LogP contribution in [0.15, 0.2) is 30.3 Å². The Hall–Kier alpha value is -1.23. The molecule has 0 radical (unpaired) electrons. The molecule has 0 bridgehead atoms. The van der Waals surface area contributed by atoms with Crippen molar-refractivity contribution >= 4 is 46.1 Å². The van der Waals surface area contributed by atoms with Crippen molar-refractivity contribution in [3.8, 4) is 5.75 Å². The minimum atomic E-state index is -0.334. The Balaban J connectivity index is 2.21. The summed E-state index contributed by atoms with van der Waals surface area (Å²) in [5, 5.41) is 12.5. The molecule has 2 rings (SSSR count). The largest absolute Gasteiger partial charge is 0.506 e. The fourth-order valence-electron chi connectivity index (χ4n) is 1.23. The number of anilines is 1. The summed E-state index contributed by atoms with van der Waals surface area (Å²) in [6.07, 6.45) is 0. The van der Waals surface area contributed by atoms with Gasteiger partial charge in [0, 0.05) is 5.02 Å². The monoisotopic (exact) mass is 287 g/mol. The first-order valence-electron chi connectivity index (χ1n) is 4.61. The van der Waals surface area contributed by atoms with Crippen LogP contribution in [0.25, 0.3) is 0 Å². The number of hydrogen-bond donors (Lipinski definition) is 2. The number of thiophene rings is 1. The minimum absolute atomic E-state index is 0.0367. The summed E-state index contributed by atoms with van der Waals surface area (Å²) in [6.45, 7) is 0. The number of hydrogen-bond acceptors (Lipinski definition) is 3. The maximum Gasteiger partial charge on any atom is 0.265 e. The third kappa shape index (κ3) is 2.91. The van der Waals surface area contributed by atoms with E-state index in [1.165, 1.54) is 18.2 Å². The van der Waals surface area contributed by atoms with Crippen molar-refractivity contribution in [2.75, 3.05) is 5.32 Å². The van der Waals surface area contributed by atoms with Crippen molar-refractivity contribution in [1.29, 1.82) is 0 Å². The zero-order chi connectivity index (χ0) is 12.4. The highest BCUT2D eigenvalue weighted by atomic mass is 35.5. The number of nitrogens with one attached hydrogen (secondary N) is 1. The second kappa shape index (κ2) is 4.96. The molecule has 88 valence electrons. The van der Waals surface area contributed by atoms with E-state index in [0.717, 1.165) is 11.3 Å². The van der Waals surface area contributed by atoms with E-state index in [1.807, 2.05) is 0 Å². The number of rotatable bonds is 2. The average molecular weight is 288 g/mol. The van der Waals surface area contributed by atoms with Crippen molar-refractivity contribution in [2.24, 2.45) is 0 Å². The zero-order valence-electron chi connectivity index (χ0n) is 8.41. The number of carbonyl (C=O) groups excluding carboxylic acids is 1. The lowest BCUT2D eigenvalue weighted by atomic mass is 10.3. The van der Waals surface area contributed by atoms with E-state index in [0.29, 0.717) is 14.2 Å². The second-order valence-corrected chi connectivity index (χ2v) is 5.37. The first kappa shape index (κ1) is 12.2. The number of halogens is 2. The van der Waals surface area contributed by atoms with Gasteiger partial charge >= 0.3 is 0 Å². The molecule has 1 amide bonds. The van der Waals surface area contributed by atoms with Crippen molar-refractivity contribution in [3.63, 3.8) is 0 Å². The van der Waals surface area contributed by atoms with Gasteiger partial charge in [-0.05, 0) is 30.3 Å². The van der Waals surface area contributed by atoms with Crippen LogP contribution in [-0.2, 0) is 0 Å². The third-order valence-corrected chi connectivity index (χ3v) is 3.47. The van der Waals surface area contributed by atoms with Gasteiger partial charge in [0.1, 0.15) is 5.75 Å². The molecule has 3 nitrogen and oxygen atoms in total. The van der Waals surface area contributed by atoms with Gasteiger partial charge in [0.25, 0.3) is 5.91 Å². The quantitative estimate of drug-likeness (QED) is 0.820. The molecule has 1 aromatic carbocycles. The summed E-state index contributed by atoms with van der Waals surface area (Å²) in [4.78, 5) is 12.2. The average Bonchev–Trinajstić information content (AvgIpc) is 2.70. The molecule has 0 aliphatic rings. The van der Waals surface area contributed by atoms with Gasteiger partial charge < -0.3 is 10.4 Å². The maximum absolute atomic E-state index is 11.8. The zero-order valence-corrected chi connectivity index (χ0v) is 10.7. The van der Waals surface area contributed by atoms with Crippen molar-refractivity contribution in [2.45, 2.75) is 0 Å². The molecule has 2 N–H and O–H groups in total. The van der Waals surface area contributed by atoms with E-state index < -0.39 is 0 Å². The summed E-state index contributed by atoms with van der Waals surface area (Å²) in [7, 11) is 0. The molecular weight excluding hydrogens is 281 g/mol. The van der Waals surface area contributed by atoms with Crippen LogP contribution in [0.4, 0.5) is 5.69 Å². The molecule has 1 heterocycles. The normalized spacial score (nSPS) is 10.2. The van der Waals surface area contributed by atoms with Crippen LogP contribution in [0, 0.1) is 0 Å². The topological polar surface area (TPSA) is 49.3 Å². The Morgan fingerprint density at radius 3 is 2.65 bits per heavy atom. The molecule has 0 unspecified atom stereocenters. The van der Waals surface area contributed by atoms with E-state index in [1.54, 1.807) is 12.1 Å². The molecule has 6 heteroatoms. The lowest BCUT2D eigenvalue weighted by Gasteiger charge is -2.06. The van der Waals surface area contributed by atoms with Gasteiger partial charge in [0.15, 0.2) is 0 Å². The fraction of sp³-hybridized carbons (Fsp3) is 0.